The topological polar surface area (TPSA) is 94.3 Å². The highest BCUT2D eigenvalue weighted by Crippen LogP contribution is 2.25. The van der Waals surface area contributed by atoms with Crippen molar-refractivity contribution in [2.24, 2.45) is 0 Å². The van der Waals surface area contributed by atoms with Gasteiger partial charge in [0, 0.05) is 10.6 Å². The van der Waals surface area contributed by atoms with Crippen molar-refractivity contribution in [1.82, 2.24) is 15.5 Å². The second-order valence-corrected chi connectivity index (χ2v) is 6.63. The zero-order valence-corrected chi connectivity index (χ0v) is 15.2. The quantitative estimate of drug-likeness (QED) is 0.646. The molecule has 1 aromatic carbocycles. The van der Waals surface area contributed by atoms with Gasteiger partial charge in [-0.2, -0.15) is 0 Å². The normalized spacial score (nSPS) is 11.8. The lowest BCUT2D eigenvalue weighted by Crippen LogP contribution is -2.31. The monoisotopic (exact) mass is 391 g/mol. The molecule has 3 rings (SSSR count). The Hall–Kier alpha value is -2.71. The fraction of sp³-hybridized carbons (Fsp3) is 0.176. The van der Waals surface area contributed by atoms with Crippen LogP contribution in [0.4, 0.5) is 0 Å². The zero-order chi connectivity index (χ0) is 18.5. The van der Waals surface area contributed by atoms with Gasteiger partial charge in [0.2, 0.25) is 0 Å². The smallest absolute Gasteiger partial charge is 0.326 e. The molecule has 2 heterocycles. The number of nitrogens with zero attached hydrogens (tertiary/aromatic N) is 2. The zero-order valence-electron chi connectivity index (χ0n) is 13.6. The maximum absolute atomic E-state index is 11.9. The molecule has 1 atom stereocenters. The van der Waals surface area contributed by atoms with Crippen LogP contribution in [0.1, 0.15) is 29.3 Å². The minimum atomic E-state index is -0.726. The fourth-order valence-corrected chi connectivity index (χ4v) is 2.81. The van der Waals surface area contributed by atoms with Gasteiger partial charge in [0.15, 0.2) is 6.10 Å². The van der Waals surface area contributed by atoms with Gasteiger partial charge in [0.05, 0.1) is 4.88 Å². The summed E-state index contributed by atoms with van der Waals surface area (Å²) in [5.41, 5.74) is 0.396. The third kappa shape index (κ3) is 4.47. The average Bonchev–Trinajstić information content (AvgIpc) is 3.31. The molecule has 0 aliphatic heterocycles. The number of benzene rings is 1. The molecule has 0 radical (unpaired) electrons. The Bertz CT molecular complexity index is 893. The van der Waals surface area contributed by atoms with Crippen molar-refractivity contribution in [2.45, 2.75) is 13.0 Å². The Labute approximate surface area is 158 Å². The number of rotatable bonds is 6. The lowest BCUT2D eigenvalue weighted by molar-refractivity contribution is -0.148. The lowest BCUT2D eigenvalue weighted by atomic mass is 10.2. The predicted molar refractivity (Wildman–Crippen MR) is 95.9 cm³/mol. The molecule has 0 spiro atoms. The van der Waals surface area contributed by atoms with Crippen LogP contribution in [0.3, 0.4) is 0 Å². The van der Waals surface area contributed by atoms with E-state index in [0.29, 0.717) is 16.5 Å². The van der Waals surface area contributed by atoms with E-state index in [0.717, 1.165) is 4.88 Å². The van der Waals surface area contributed by atoms with Crippen LogP contribution in [0.5, 0.6) is 0 Å². The van der Waals surface area contributed by atoms with E-state index in [9.17, 15) is 9.59 Å². The summed E-state index contributed by atoms with van der Waals surface area (Å²) in [5, 5.41) is 12.7. The van der Waals surface area contributed by atoms with Crippen molar-refractivity contribution < 1.29 is 18.7 Å². The van der Waals surface area contributed by atoms with Crippen LogP contribution in [0, 0.1) is 0 Å². The Morgan fingerprint density at radius 2 is 2.04 bits per heavy atom. The van der Waals surface area contributed by atoms with Crippen molar-refractivity contribution in [2.75, 3.05) is 6.54 Å². The Kier molecular flexibility index (Phi) is 5.65. The molecule has 7 nitrogen and oxygen atoms in total. The molecule has 0 aliphatic rings. The van der Waals surface area contributed by atoms with Gasteiger partial charge in [0.25, 0.3) is 17.7 Å². The van der Waals surface area contributed by atoms with Gasteiger partial charge in [-0.1, -0.05) is 17.7 Å². The van der Waals surface area contributed by atoms with Gasteiger partial charge in [0.1, 0.15) is 6.54 Å². The molecule has 134 valence electrons. The standard InChI is InChI=1S/C17H14ClN3O4S/c1-10(16-20-21-17(25-16)13-3-2-8-26-13)24-14(22)9-19-15(23)11-4-6-12(18)7-5-11/h2-8,10H,9H2,1H3,(H,19,23)/t10-/m1/s1. The van der Waals surface area contributed by atoms with Crippen LogP contribution in [0.15, 0.2) is 46.2 Å². The fourth-order valence-electron chi connectivity index (χ4n) is 2.04. The molecule has 0 bridgehead atoms. The van der Waals surface area contributed by atoms with E-state index in [1.807, 2.05) is 17.5 Å². The molecule has 3 aromatic rings. The van der Waals surface area contributed by atoms with Crippen molar-refractivity contribution in [3.63, 3.8) is 0 Å². The number of thiophene rings is 1. The first kappa shape index (κ1) is 18.1. The van der Waals surface area contributed by atoms with Crippen molar-refractivity contribution in [1.29, 1.82) is 0 Å². The number of carbonyl (C=O) groups excluding carboxylic acids is 2. The number of nitrogens with one attached hydrogen (secondary N) is 1. The van der Waals surface area contributed by atoms with Crippen molar-refractivity contribution in [3.05, 3.63) is 58.3 Å². The van der Waals surface area contributed by atoms with E-state index in [1.165, 1.54) is 11.3 Å². The summed E-state index contributed by atoms with van der Waals surface area (Å²) in [7, 11) is 0. The molecular formula is C17H14ClN3O4S. The molecule has 0 unspecified atom stereocenters. The van der Waals surface area contributed by atoms with Gasteiger partial charge in [-0.15, -0.1) is 21.5 Å². The highest BCUT2D eigenvalue weighted by Gasteiger charge is 2.19. The van der Waals surface area contributed by atoms with Crippen LogP contribution in [0.25, 0.3) is 10.8 Å². The molecule has 2 aromatic heterocycles. The van der Waals surface area contributed by atoms with Crippen molar-refractivity contribution >= 4 is 34.8 Å². The molecule has 0 aliphatic carbocycles. The molecule has 0 fully saturated rings. The number of hydrogen-bond acceptors (Lipinski definition) is 7. The summed E-state index contributed by atoms with van der Waals surface area (Å²) in [6.07, 6.45) is -0.726. The maximum Gasteiger partial charge on any atom is 0.326 e. The first-order valence-electron chi connectivity index (χ1n) is 7.63. The second-order valence-electron chi connectivity index (χ2n) is 5.24. The number of amides is 1. The number of ether oxygens (including phenoxy) is 1. The third-order valence-electron chi connectivity index (χ3n) is 3.33. The highest BCUT2D eigenvalue weighted by molar-refractivity contribution is 7.13. The minimum Gasteiger partial charge on any atom is -0.451 e. The van der Waals surface area contributed by atoms with E-state index in [-0.39, 0.29) is 12.4 Å². The van der Waals surface area contributed by atoms with Crippen LogP contribution >= 0.6 is 22.9 Å². The van der Waals surface area contributed by atoms with E-state index in [1.54, 1.807) is 31.2 Å². The number of hydrogen-bond donors (Lipinski definition) is 1. The Morgan fingerprint density at radius 1 is 1.27 bits per heavy atom. The van der Waals surface area contributed by atoms with Crippen LogP contribution in [-0.2, 0) is 9.53 Å². The van der Waals surface area contributed by atoms with Gasteiger partial charge in [-0.25, -0.2) is 0 Å². The average molecular weight is 392 g/mol. The lowest BCUT2D eigenvalue weighted by Gasteiger charge is -2.10. The van der Waals surface area contributed by atoms with Crippen LogP contribution in [-0.4, -0.2) is 28.6 Å². The summed E-state index contributed by atoms with van der Waals surface area (Å²) in [6, 6.07) is 10.0. The van der Waals surface area contributed by atoms with Gasteiger partial charge in [-0.3, -0.25) is 9.59 Å². The van der Waals surface area contributed by atoms with E-state index < -0.39 is 18.0 Å². The second kappa shape index (κ2) is 8.11. The maximum atomic E-state index is 11.9. The molecule has 9 heteroatoms. The number of halogens is 1. The molecule has 1 amide bonds. The van der Waals surface area contributed by atoms with Crippen LogP contribution < -0.4 is 5.32 Å². The van der Waals surface area contributed by atoms with E-state index >= 15 is 0 Å². The third-order valence-corrected chi connectivity index (χ3v) is 4.44. The van der Waals surface area contributed by atoms with Gasteiger partial charge in [-0.05, 0) is 42.6 Å². The molecule has 26 heavy (non-hydrogen) atoms. The first-order valence-corrected chi connectivity index (χ1v) is 8.89. The molecule has 1 N–H and O–H groups in total. The largest absolute Gasteiger partial charge is 0.451 e. The highest BCUT2D eigenvalue weighted by atomic mass is 35.5. The summed E-state index contributed by atoms with van der Waals surface area (Å²) in [4.78, 5) is 24.7. The van der Waals surface area contributed by atoms with Gasteiger partial charge >= 0.3 is 5.97 Å². The van der Waals surface area contributed by atoms with Gasteiger partial charge < -0.3 is 14.5 Å². The Balaban J connectivity index is 1.51. The summed E-state index contributed by atoms with van der Waals surface area (Å²) in [6.45, 7) is 1.34. The van der Waals surface area contributed by atoms with Crippen molar-refractivity contribution in [3.8, 4) is 10.8 Å². The SMILES string of the molecule is C[C@@H](OC(=O)CNC(=O)c1ccc(Cl)cc1)c1nnc(-c2cccs2)o1. The summed E-state index contributed by atoms with van der Waals surface area (Å²) >= 11 is 7.23. The summed E-state index contributed by atoms with van der Waals surface area (Å²) in [5.74, 6) is -0.459. The predicted octanol–water partition coefficient (Wildman–Crippen LogP) is 3.49. The van der Waals surface area contributed by atoms with Crippen LogP contribution in [0.2, 0.25) is 5.02 Å². The summed E-state index contributed by atoms with van der Waals surface area (Å²) < 4.78 is 10.7. The number of carbonyl (C=O) groups is 2. The minimum absolute atomic E-state index is 0.186. The first-order chi connectivity index (χ1) is 12.5. The van der Waals surface area contributed by atoms with E-state index in [4.69, 9.17) is 20.8 Å². The molecular weight excluding hydrogens is 378 g/mol. The molecule has 0 saturated carbocycles. The Morgan fingerprint density at radius 3 is 2.73 bits per heavy atom. The number of esters is 1. The molecule has 0 saturated heterocycles. The van der Waals surface area contributed by atoms with E-state index in [2.05, 4.69) is 15.5 Å². The number of aromatic nitrogens is 2.